The Bertz CT molecular complexity index is 1200. The summed E-state index contributed by atoms with van der Waals surface area (Å²) in [6, 6.07) is 14.6. The first-order chi connectivity index (χ1) is 17.2. The number of nitrogens with zero attached hydrogens (tertiary/aromatic N) is 2. The van der Waals surface area contributed by atoms with Gasteiger partial charge in [-0.2, -0.15) is 13.2 Å². The van der Waals surface area contributed by atoms with Crippen molar-refractivity contribution in [2.75, 3.05) is 12.4 Å². The van der Waals surface area contributed by atoms with Gasteiger partial charge in [0.25, 0.3) is 0 Å². The smallest absolute Gasteiger partial charge is 0.433 e. The third kappa shape index (κ3) is 5.08. The quantitative estimate of drug-likeness (QED) is 0.423. The Labute approximate surface area is 208 Å². The number of esters is 1. The number of rotatable bonds is 5. The molecular weight excluding hydrogens is 467 g/mol. The van der Waals surface area contributed by atoms with Crippen LogP contribution in [-0.4, -0.2) is 23.0 Å². The lowest BCUT2D eigenvalue weighted by molar-refractivity contribution is -0.142. The van der Waals surface area contributed by atoms with Crippen molar-refractivity contribution in [3.05, 3.63) is 89.7 Å². The van der Waals surface area contributed by atoms with E-state index in [0.717, 1.165) is 43.5 Å². The zero-order valence-electron chi connectivity index (χ0n) is 19.9. The van der Waals surface area contributed by atoms with E-state index in [4.69, 9.17) is 4.74 Å². The molecule has 2 atom stereocenters. The second-order valence-corrected chi connectivity index (χ2v) is 9.81. The first-order valence-electron chi connectivity index (χ1n) is 12.0. The summed E-state index contributed by atoms with van der Waals surface area (Å²) < 4.78 is 43.3. The molecule has 2 aliphatic carbocycles. The van der Waals surface area contributed by atoms with Crippen LogP contribution in [-0.2, 0) is 28.5 Å². The van der Waals surface area contributed by atoms with Crippen molar-refractivity contribution in [1.29, 1.82) is 0 Å². The van der Waals surface area contributed by atoms with Crippen molar-refractivity contribution >= 4 is 17.5 Å². The molecule has 2 aliphatic rings. The molecule has 1 spiro atoms. The molecule has 2 aromatic heterocycles. The average Bonchev–Trinajstić information content (AvgIpc) is 3.23. The first kappa shape index (κ1) is 24.3. The van der Waals surface area contributed by atoms with E-state index in [0.29, 0.717) is 17.9 Å². The van der Waals surface area contributed by atoms with Crippen LogP contribution >= 0.6 is 0 Å². The molecule has 187 valence electrons. The van der Waals surface area contributed by atoms with Gasteiger partial charge in [0.15, 0.2) is 0 Å². The van der Waals surface area contributed by atoms with Gasteiger partial charge >= 0.3 is 12.1 Å². The largest absolute Gasteiger partial charge is 0.469 e. The van der Waals surface area contributed by atoms with Crippen LogP contribution in [0.2, 0.25) is 0 Å². The van der Waals surface area contributed by atoms with Crippen LogP contribution in [0.4, 0.5) is 24.7 Å². The minimum atomic E-state index is -4.48. The van der Waals surface area contributed by atoms with Gasteiger partial charge in [-0.3, -0.25) is 4.79 Å². The lowest BCUT2D eigenvalue weighted by Gasteiger charge is -2.42. The van der Waals surface area contributed by atoms with Gasteiger partial charge in [0.1, 0.15) is 11.5 Å². The molecule has 2 heterocycles. The molecule has 0 aliphatic heterocycles. The number of anilines is 2. The van der Waals surface area contributed by atoms with Crippen LogP contribution in [0.1, 0.15) is 47.6 Å². The van der Waals surface area contributed by atoms with Crippen LogP contribution in [0.3, 0.4) is 0 Å². The number of hydrogen-bond donors (Lipinski definition) is 1. The topological polar surface area (TPSA) is 64.1 Å². The highest BCUT2D eigenvalue weighted by Crippen LogP contribution is 2.53. The zero-order chi connectivity index (χ0) is 25.3. The number of fused-ring (bicyclic) bond motifs is 1. The van der Waals surface area contributed by atoms with E-state index in [2.05, 4.69) is 46.0 Å². The zero-order valence-corrected chi connectivity index (χ0v) is 19.9. The van der Waals surface area contributed by atoms with Crippen molar-refractivity contribution < 1.29 is 22.7 Å². The van der Waals surface area contributed by atoms with Crippen LogP contribution in [0.15, 0.2) is 60.9 Å². The number of carbonyl (C=O) groups excluding carboxylic acids is 1. The maximum absolute atomic E-state index is 12.8. The second-order valence-electron chi connectivity index (χ2n) is 9.81. The summed E-state index contributed by atoms with van der Waals surface area (Å²) >= 11 is 0. The molecular formula is C28H27F3N3O2. The number of carbonyl (C=O) groups is 1. The number of alkyl halides is 3. The number of pyridine rings is 2. The number of methoxy groups -OCH3 is 1. The molecule has 1 aromatic carbocycles. The summed E-state index contributed by atoms with van der Waals surface area (Å²) in [5, 5.41) is 3.00. The van der Waals surface area contributed by atoms with Gasteiger partial charge in [0.2, 0.25) is 0 Å². The average molecular weight is 495 g/mol. The van der Waals surface area contributed by atoms with E-state index in [1.807, 2.05) is 12.1 Å². The number of hydrogen-bond acceptors (Lipinski definition) is 5. The fourth-order valence-electron chi connectivity index (χ4n) is 5.66. The van der Waals surface area contributed by atoms with Gasteiger partial charge in [-0.15, -0.1) is 0 Å². The predicted octanol–water partition coefficient (Wildman–Crippen LogP) is 6.29. The van der Waals surface area contributed by atoms with Crippen LogP contribution in [0.25, 0.3) is 0 Å². The Hall–Kier alpha value is -3.42. The monoisotopic (exact) mass is 494 g/mol. The molecule has 1 radical (unpaired) electrons. The fraction of sp³-hybridized carbons (Fsp3) is 0.357. The summed E-state index contributed by atoms with van der Waals surface area (Å²) in [6.45, 7) is 0. The molecule has 2 unspecified atom stereocenters. The molecule has 5 nitrogen and oxygen atoms in total. The van der Waals surface area contributed by atoms with Gasteiger partial charge in [-0.05, 0) is 84.2 Å². The van der Waals surface area contributed by atoms with E-state index in [1.165, 1.54) is 24.3 Å². The molecule has 5 rings (SSSR count). The first-order valence-corrected chi connectivity index (χ1v) is 12.0. The van der Waals surface area contributed by atoms with Gasteiger partial charge in [-0.25, -0.2) is 9.97 Å². The summed E-state index contributed by atoms with van der Waals surface area (Å²) in [5.74, 6) is 0.546. The van der Waals surface area contributed by atoms with Crippen molar-refractivity contribution in [3.8, 4) is 0 Å². The number of benzene rings is 1. The third-order valence-corrected chi connectivity index (χ3v) is 7.45. The maximum Gasteiger partial charge on any atom is 0.433 e. The molecule has 1 saturated carbocycles. The highest BCUT2D eigenvalue weighted by molar-refractivity contribution is 5.69. The third-order valence-electron chi connectivity index (χ3n) is 7.45. The van der Waals surface area contributed by atoms with E-state index >= 15 is 0 Å². The lowest BCUT2D eigenvalue weighted by atomic mass is 9.61. The molecule has 0 bridgehead atoms. The number of ether oxygens (including phenoxy) is 1. The molecule has 36 heavy (non-hydrogen) atoms. The van der Waals surface area contributed by atoms with E-state index < -0.39 is 11.9 Å². The van der Waals surface area contributed by atoms with Crippen LogP contribution in [0, 0.1) is 17.8 Å². The number of aromatic nitrogens is 2. The fourth-order valence-corrected chi connectivity index (χ4v) is 5.66. The highest BCUT2D eigenvalue weighted by Gasteiger charge is 2.45. The minimum absolute atomic E-state index is 0.0593. The van der Waals surface area contributed by atoms with Gasteiger partial charge in [0.05, 0.1) is 19.0 Å². The van der Waals surface area contributed by atoms with Crippen molar-refractivity contribution in [1.82, 2.24) is 9.97 Å². The number of nitrogens with one attached hydrogen (secondary N) is 1. The summed E-state index contributed by atoms with van der Waals surface area (Å²) in [5.41, 5.74) is 3.36. The van der Waals surface area contributed by atoms with E-state index in [-0.39, 0.29) is 23.2 Å². The van der Waals surface area contributed by atoms with Crippen molar-refractivity contribution in [3.63, 3.8) is 0 Å². The molecule has 3 aromatic rings. The minimum Gasteiger partial charge on any atom is -0.469 e. The van der Waals surface area contributed by atoms with E-state index in [1.54, 1.807) is 6.20 Å². The Balaban J connectivity index is 1.34. The van der Waals surface area contributed by atoms with Gasteiger partial charge < -0.3 is 10.1 Å². The summed E-state index contributed by atoms with van der Waals surface area (Å²) in [4.78, 5) is 20.2. The van der Waals surface area contributed by atoms with E-state index in [9.17, 15) is 18.0 Å². The second kappa shape index (κ2) is 9.56. The summed E-state index contributed by atoms with van der Waals surface area (Å²) in [7, 11) is 1.41. The molecule has 0 saturated heterocycles. The Morgan fingerprint density at radius 2 is 1.81 bits per heavy atom. The summed E-state index contributed by atoms with van der Waals surface area (Å²) in [6.07, 6.45) is 4.96. The van der Waals surface area contributed by atoms with Crippen LogP contribution < -0.4 is 5.32 Å². The Morgan fingerprint density at radius 3 is 2.39 bits per heavy atom. The van der Waals surface area contributed by atoms with Gasteiger partial charge in [-0.1, -0.05) is 30.3 Å². The molecule has 1 fully saturated rings. The Kier molecular flexibility index (Phi) is 6.45. The molecule has 8 heteroatoms. The van der Waals surface area contributed by atoms with Gasteiger partial charge in [0, 0.05) is 12.6 Å². The molecule has 1 N–H and O–H groups in total. The normalized spacial score (nSPS) is 20.7. The Morgan fingerprint density at radius 1 is 1.06 bits per heavy atom. The standard InChI is InChI=1S/C28H27F3N3O2/c1-36-26(35)12-18-10-11-27(13-19-4-2-3-5-20(19)14-27)15-23(18)21-6-9-25(33-16-21)34-22-7-8-24(32-17-22)28(29,30)31/h2-9,11,16-18,23H,10,12-15H2,1H3,(H,33,34). The molecule has 0 amide bonds. The number of halogens is 3. The maximum atomic E-state index is 12.8. The van der Waals surface area contributed by atoms with Crippen molar-refractivity contribution in [2.24, 2.45) is 11.3 Å². The lowest BCUT2D eigenvalue weighted by Crippen LogP contribution is -2.35. The predicted molar refractivity (Wildman–Crippen MR) is 129 cm³/mol. The van der Waals surface area contributed by atoms with Crippen molar-refractivity contribution in [2.45, 2.75) is 44.2 Å². The highest BCUT2D eigenvalue weighted by atomic mass is 19.4. The van der Waals surface area contributed by atoms with Crippen LogP contribution in [0.5, 0.6) is 0 Å². The SMILES string of the molecule is COC(=O)CC1C[CH]C2(Cc3ccccc3C2)CC1c1ccc(Nc2ccc(C(F)(F)F)nc2)nc1.